The number of rotatable bonds is 9. The fourth-order valence-electron chi connectivity index (χ4n) is 6.55. The highest BCUT2D eigenvalue weighted by atomic mass is 35.5. The predicted molar refractivity (Wildman–Crippen MR) is 175 cm³/mol. The number of aliphatic hydroxyl groups excluding tert-OH is 1. The summed E-state index contributed by atoms with van der Waals surface area (Å²) in [5.41, 5.74) is 0.122. The molecule has 46 heavy (non-hydrogen) atoms. The summed E-state index contributed by atoms with van der Waals surface area (Å²) in [6.07, 6.45) is 2.91. The summed E-state index contributed by atoms with van der Waals surface area (Å²) in [5.74, 6) is -1.45. The fourth-order valence-corrected chi connectivity index (χ4v) is 8.35. The van der Waals surface area contributed by atoms with E-state index in [0.717, 1.165) is 44.6 Å². The molecule has 2 heterocycles. The van der Waals surface area contributed by atoms with Gasteiger partial charge in [-0.05, 0) is 77.8 Å². The number of benzene rings is 3. The van der Waals surface area contributed by atoms with Crippen molar-refractivity contribution in [1.29, 1.82) is 0 Å². The Labute approximate surface area is 272 Å². The molecule has 1 aromatic heterocycles. The Kier molecular flexibility index (Phi) is 8.94. The molecule has 2 aliphatic rings. The van der Waals surface area contributed by atoms with Crippen molar-refractivity contribution >= 4 is 44.2 Å². The number of nitrogens with one attached hydrogen (secondary N) is 2. The summed E-state index contributed by atoms with van der Waals surface area (Å²) in [6, 6.07) is 9.88. The van der Waals surface area contributed by atoms with Crippen LogP contribution in [-0.4, -0.2) is 67.8 Å². The molecule has 0 saturated carbocycles. The van der Waals surface area contributed by atoms with Crippen LogP contribution in [0.1, 0.15) is 50.3 Å². The zero-order valence-corrected chi connectivity index (χ0v) is 27.4. The molecule has 6 rings (SSSR count). The molecule has 0 radical (unpaired) electrons. The molecule has 3 aromatic carbocycles. The number of methoxy groups -OCH3 is 1. The second-order valence-electron chi connectivity index (χ2n) is 12.6. The Hall–Kier alpha value is -3.42. The minimum Gasteiger partial charge on any atom is -0.388 e. The van der Waals surface area contributed by atoms with E-state index in [1.165, 1.54) is 6.07 Å². The van der Waals surface area contributed by atoms with E-state index in [-0.39, 0.29) is 21.5 Å². The molecule has 1 unspecified atom stereocenters. The molecule has 1 fully saturated rings. The number of halogens is 3. The normalized spacial score (nSPS) is 18.5. The van der Waals surface area contributed by atoms with E-state index < -0.39 is 44.4 Å². The summed E-state index contributed by atoms with van der Waals surface area (Å²) in [6.45, 7) is 7.15. The number of piperidine rings is 1. The molecule has 4 aromatic rings. The van der Waals surface area contributed by atoms with E-state index >= 15 is 8.78 Å². The quantitative estimate of drug-likeness (QED) is 0.191. The van der Waals surface area contributed by atoms with Crippen molar-refractivity contribution in [2.45, 2.75) is 55.6 Å². The number of aromatic nitrogens is 2. The highest BCUT2D eigenvalue weighted by Gasteiger charge is 2.41. The van der Waals surface area contributed by atoms with E-state index in [1.54, 1.807) is 37.6 Å². The Morgan fingerprint density at radius 1 is 1.13 bits per heavy atom. The maximum Gasteiger partial charge on any atom is 0.262 e. The second kappa shape index (κ2) is 12.6. The van der Waals surface area contributed by atoms with Crippen LogP contribution < -0.4 is 10.0 Å². The maximum atomic E-state index is 16.0. The van der Waals surface area contributed by atoms with Crippen LogP contribution >= 0.6 is 11.6 Å². The van der Waals surface area contributed by atoms with E-state index in [4.69, 9.17) is 16.3 Å². The second-order valence-corrected chi connectivity index (χ2v) is 14.7. The number of fused-ring (bicyclic) bond motifs is 2. The smallest absolute Gasteiger partial charge is 0.262 e. The summed E-state index contributed by atoms with van der Waals surface area (Å²) in [5, 5.41) is 14.6. The molecule has 0 amide bonds. The number of ether oxygens (including phenoxy) is 1. The van der Waals surface area contributed by atoms with Crippen molar-refractivity contribution < 1.29 is 27.0 Å². The van der Waals surface area contributed by atoms with Gasteiger partial charge in [0, 0.05) is 49.4 Å². The monoisotopic (exact) mass is 671 g/mol. The zero-order chi connectivity index (χ0) is 32.8. The Bertz CT molecular complexity index is 1900. The van der Waals surface area contributed by atoms with Crippen molar-refractivity contribution in [3.63, 3.8) is 0 Å². The van der Waals surface area contributed by atoms with Crippen LogP contribution in [0.15, 0.2) is 53.6 Å². The van der Waals surface area contributed by atoms with Gasteiger partial charge in [-0.1, -0.05) is 31.5 Å². The molecule has 3 N–H and O–H groups in total. The van der Waals surface area contributed by atoms with Gasteiger partial charge in [0.15, 0.2) is 5.82 Å². The number of nitrogens with zero attached hydrogens (tertiary/aromatic N) is 3. The van der Waals surface area contributed by atoms with Gasteiger partial charge in [0.05, 0.1) is 34.4 Å². The molecule has 1 atom stereocenters. The van der Waals surface area contributed by atoms with E-state index in [1.807, 2.05) is 13.8 Å². The lowest BCUT2D eigenvalue weighted by atomic mass is 9.86. The summed E-state index contributed by atoms with van der Waals surface area (Å²) in [4.78, 5) is 11.2. The molecule has 0 spiro atoms. The van der Waals surface area contributed by atoms with Crippen LogP contribution in [0, 0.1) is 11.6 Å². The summed E-state index contributed by atoms with van der Waals surface area (Å²) < 4.78 is 65.9. The third-order valence-electron chi connectivity index (χ3n) is 8.86. The molecule has 1 aliphatic carbocycles. The highest BCUT2D eigenvalue weighted by molar-refractivity contribution is 7.92. The Balaban J connectivity index is 1.25. The van der Waals surface area contributed by atoms with Gasteiger partial charge in [-0.15, -0.1) is 0 Å². The van der Waals surface area contributed by atoms with Crippen LogP contribution in [0.5, 0.6) is 0 Å². The Morgan fingerprint density at radius 3 is 2.63 bits per heavy atom. The van der Waals surface area contributed by atoms with Crippen LogP contribution in [0.4, 0.5) is 20.4 Å². The van der Waals surface area contributed by atoms with E-state index in [9.17, 15) is 13.5 Å². The highest BCUT2D eigenvalue weighted by Crippen LogP contribution is 2.48. The topological polar surface area (TPSA) is 117 Å². The van der Waals surface area contributed by atoms with Gasteiger partial charge in [-0.2, -0.15) is 0 Å². The van der Waals surface area contributed by atoms with Gasteiger partial charge in [-0.3, -0.25) is 4.72 Å². The van der Waals surface area contributed by atoms with E-state index in [0.29, 0.717) is 41.0 Å². The third-order valence-corrected chi connectivity index (χ3v) is 10.5. The number of sulfonamides is 1. The first kappa shape index (κ1) is 32.5. The standard InChI is InChI=1S/C33H36ClF2N5O4S/c1-33(2)17-27(42)23-15-21(34)16-28(30(23)33)46(43,44)40-26-7-5-24(35)29(31(26)36)19-4-6-25-20(14-19)18-37-32(39-25)38-22-8-10-41(11-9-22)12-13-45-3/h4-7,14-16,18,22,27,40,42H,8-13,17H2,1-3H3,(H,37,38,39). The van der Waals surface area contributed by atoms with Gasteiger partial charge >= 0.3 is 0 Å². The third kappa shape index (κ3) is 6.41. The predicted octanol–water partition coefficient (Wildman–Crippen LogP) is 6.27. The lowest BCUT2D eigenvalue weighted by Crippen LogP contribution is -2.40. The Morgan fingerprint density at radius 2 is 1.89 bits per heavy atom. The average Bonchev–Trinajstić information content (AvgIpc) is 3.24. The number of anilines is 2. The SMILES string of the molecule is COCCN1CCC(Nc2ncc3cc(-c4c(F)ccc(NS(=O)(=O)c5cc(Cl)cc6c5C(C)(C)CC6O)c4F)ccc3n2)CC1. The minimum atomic E-state index is -4.39. The molecule has 9 nitrogen and oxygen atoms in total. The molecule has 0 bridgehead atoms. The van der Waals surface area contributed by atoms with Crippen LogP contribution in [0.3, 0.4) is 0 Å². The molecular weight excluding hydrogens is 636 g/mol. The zero-order valence-electron chi connectivity index (χ0n) is 25.8. The summed E-state index contributed by atoms with van der Waals surface area (Å²) >= 11 is 6.23. The molecule has 244 valence electrons. The maximum absolute atomic E-state index is 16.0. The molecule has 13 heteroatoms. The first-order valence-electron chi connectivity index (χ1n) is 15.1. The van der Waals surface area contributed by atoms with Gasteiger partial charge < -0.3 is 20.1 Å². The first-order valence-corrected chi connectivity index (χ1v) is 17.0. The molecule has 1 aliphatic heterocycles. The van der Waals surface area contributed by atoms with Crippen LogP contribution in [0.2, 0.25) is 5.02 Å². The lowest BCUT2D eigenvalue weighted by molar-refractivity contribution is 0.132. The van der Waals surface area contributed by atoms with E-state index in [2.05, 4.69) is 24.9 Å². The average molecular weight is 672 g/mol. The van der Waals surface area contributed by atoms with Crippen molar-refractivity contribution in [3.8, 4) is 11.1 Å². The summed E-state index contributed by atoms with van der Waals surface area (Å²) in [7, 11) is -2.69. The number of hydrogen-bond donors (Lipinski definition) is 3. The van der Waals surface area contributed by atoms with Crippen LogP contribution in [0.25, 0.3) is 22.0 Å². The fraction of sp³-hybridized carbons (Fsp3) is 0.394. The number of hydrogen-bond acceptors (Lipinski definition) is 8. The van der Waals surface area contributed by atoms with Crippen molar-refractivity contribution in [2.24, 2.45) is 0 Å². The van der Waals surface area contributed by atoms with Crippen LogP contribution in [-0.2, 0) is 20.2 Å². The van der Waals surface area contributed by atoms with Crippen molar-refractivity contribution in [1.82, 2.24) is 14.9 Å². The molecule has 1 saturated heterocycles. The lowest BCUT2D eigenvalue weighted by Gasteiger charge is -2.32. The number of likely N-dealkylation sites (tertiary alicyclic amines) is 1. The van der Waals surface area contributed by atoms with Crippen molar-refractivity contribution in [3.05, 3.63) is 76.4 Å². The first-order chi connectivity index (χ1) is 21.9. The van der Waals surface area contributed by atoms with Gasteiger partial charge in [0.25, 0.3) is 10.0 Å². The van der Waals surface area contributed by atoms with Crippen molar-refractivity contribution in [2.75, 3.05) is 43.4 Å². The largest absolute Gasteiger partial charge is 0.388 e. The number of aliphatic hydroxyl groups is 1. The van der Waals surface area contributed by atoms with Gasteiger partial charge in [0.1, 0.15) is 5.82 Å². The molecular formula is C33H36ClF2N5O4S. The van der Waals surface area contributed by atoms with Gasteiger partial charge in [-0.25, -0.2) is 27.2 Å². The minimum absolute atomic E-state index is 0.121. The van der Waals surface area contributed by atoms with Gasteiger partial charge in [0.2, 0.25) is 5.95 Å².